The van der Waals surface area contributed by atoms with Crippen molar-refractivity contribution in [2.45, 2.75) is 52.1 Å². The third kappa shape index (κ3) is 3.66. The normalized spacial score (nSPS) is 21.1. The molecule has 0 aromatic heterocycles. The summed E-state index contributed by atoms with van der Waals surface area (Å²) in [5.74, 6) is 0.197. The highest BCUT2D eigenvalue weighted by atomic mass is 32.2. The predicted molar refractivity (Wildman–Crippen MR) is 71.6 cm³/mol. The van der Waals surface area contributed by atoms with Gasteiger partial charge in [0.1, 0.15) is 0 Å². The van der Waals surface area contributed by atoms with Crippen molar-refractivity contribution in [2.24, 2.45) is 0 Å². The van der Waals surface area contributed by atoms with Gasteiger partial charge in [0.05, 0.1) is 5.75 Å². The molecule has 0 aromatic carbocycles. The summed E-state index contributed by atoms with van der Waals surface area (Å²) < 4.78 is 25.2. The molecule has 0 bridgehead atoms. The topological polar surface area (TPSA) is 40.6 Å². The molecule has 0 aromatic rings. The molecule has 0 radical (unpaired) electrons. The molecular formula is C12H26N2O2S. The van der Waals surface area contributed by atoms with Gasteiger partial charge in [-0.05, 0) is 40.5 Å². The highest BCUT2D eigenvalue weighted by Crippen LogP contribution is 2.23. The van der Waals surface area contributed by atoms with Crippen LogP contribution >= 0.6 is 0 Å². The van der Waals surface area contributed by atoms with Crippen LogP contribution in [0.3, 0.4) is 0 Å². The van der Waals surface area contributed by atoms with Crippen molar-refractivity contribution >= 4 is 10.0 Å². The number of hydrogen-bond donors (Lipinski definition) is 0. The third-order valence-corrected chi connectivity index (χ3v) is 5.64. The molecule has 0 spiro atoms. The van der Waals surface area contributed by atoms with Crippen LogP contribution in [0.5, 0.6) is 0 Å². The first-order valence-electron chi connectivity index (χ1n) is 6.39. The molecule has 0 amide bonds. The summed E-state index contributed by atoms with van der Waals surface area (Å²) in [7, 11) is -1.32. The summed E-state index contributed by atoms with van der Waals surface area (Å²) in [5.41, 5.74) is 0.188. The molecule has 1 aliphatic heterocycles. The van der Waals surface area contributed by atoms with Crippen LogP contribution in [0.1, 0.15) is 40.5 Å². The lowest BCUT2D eigenvalue weighted by Gasteiger charge is -2.42. The maximum atomic E-state index is 11.8. The van der Waals surface area contributed by atoms with Gasteiger partial charge in [-0.3, -0.25) is 4.90 Å². The summed E-state index contributed by atoms with van der Waals surface area (Å²) in [6, 6.07) is 0.179. The molecule has 0 unspecified atom stereocenters. The van der Waals surface area contributed by atoms with E-state index in [9.17, 15) is 8.42 Å². The van der Waals surface area contributed by atoms with Crippen LogP contribution in [-0.4, -0.2) is 55.1 Å². The van der Waals surface area contributed by atoms with E-state index >= 15 is 0 Å². The minimum Gasteiger partial charge on any atom is -0.298 e. The molecule has 1 aliphatic rings. The molecule has 1 saturated heterocycles. The number of piperidine rings is 1. The minimum atomic E-state index is -3.04. The first kappa shape index (κ1) is 14.9. The van der Waals surface area contributed by atoms with Gasteiger partial charge in [-0.1, -0.05) is 0 Å². The van der Waals surface area contributed by atoms with E-state index in [2.05, 4.69) is 25.7 Å². The van der Waals surface area contributed by atoms with Crippen molar-refractivity contribution in [3.05, 3.63) is 0 Å². The zero-order valence-electron chi connectivity index (χ0n) is 11.7. The molecule has 1 rings (SSSR count). The van der Waals surface area contributed by atoms with Gasteiger partial charge in [0.25, 0.3) is 0 Å². The van der Waals surface area contributed by atoms with Crippen LogP contribution in [0.2, 0.25) is 0 Å². The third-order valence-electron chi connectivity index (χ3n) is 3.73. The van der Waals surface area contributed by atoms with E-state index in [-0.39, 0.29) is 17.3 Å². The molecule has 5 heteroatoms. The van der Waals surface area contributed by atoms with E-state index in [1.165, 1.54) is 0 Å². The summed E-state index contributed by atoms with van der Waals surface area (Å²) in [5, 5.41) is 0. The second kappa shape index (κ2) is 5.24. The Morgan fingerprint density at radius 2 is 1.71 bits per heavy atom. The fourth-order valence-electron chi connectivity index (χ4n) is 2.33. The van der Waals surface area contributed by atoms with Crippen molar-refractivity contribution in [1.82, 2.24) is 9.21 Å². The summed E-state index contributed by atoms with van der Waals surface area (Å²) in [4.78, 5) is 2.43. The van der Waals surface area contributed by atoms with Gasteiger partial charge < -0.3 is 0 Å². The number of likely N-dealkylation sites (tertiary alicyclic amines) is 1. The lowest BCUT2D eigenvalue weighted by Crippen LogP contribution is -2.51. The highest BCUT2D eigenvalue weighted by molar-refractivity contribution is 7.89. The van der Waals surface area contributed by atoms with E-state index in [1.54, 1.807) is 18.3 Å². The van der Waals surface area contributed by atoms with Crippen molar-refractivity contribution in [1.29, 1.82) is 0 Å². The predicted octanol–water partition coefficient (Wildman–Crippen LogP) is 1.53. The number of sulfonamides is 1. The van der Waals surface area contributed by atoms with Gasteiger partial charge in [0, 0.05) is 31.7 Å². The standard InChI is InChI=1S/C12H26N2O2S/c1-6-17(15,16)13(5)11-7-9-14(10-8-11)12(2,3)4/h11H,6-10H2,1-5H3. The van der Waals surface area contributed by atoms with E-state index in [0.29, 0.717) is 0 Å². The fraction of sp³-hybridized carbons (Fsp3) is 1.00. The number of nitrogens with zero attached hydrogens (tertiary/aromatic N) is 2. The highest BCUT2D eigenvalue weighted by Gasteiger charge is 2.31. The van der Waals surface area contributed by atoms with E-state index < -0.39 is 10.0 Å². The average Bonchev–Trinajstić information content (AvgIpc) is 2.27. The molecule has 17 heavy (non-hydrogen) atoms. The fourth-order valence-corrected chi connectivity index (χ4v) is 3.40. The Labute approximate surface area is 106 Å². The lowest BCUT2D eigenvalue weighted by atomic mass is 9.98. The Bertz CT molecular complexity index is 338. The quantitative estimate of drug-likeness (QED) is 0.774. The minimum absolute atomic E-state index is 0.179. The Hall–Kier alpha value is -0.130. The van der Waals surface area contributed by atoms with Crippen LogP contribution in [0.15, 0.2) is 0 Å². The molecule has 0 saturated carbocycles. The van der Waals surface area contributed by atoms with Gasteiger partial charge in [-0.2, -0.15) is 0 Å². The van der Waals surface area contributed by atoms with E-state index in [0.717, 1.165) is 25.9 Å². The Morgan fingerprint density at radius 1 is 1.24 bits per heavy atom. The smallest absolute Gasteiger partial charge is 0.213 e. The Morgan fingerprint density at radius 3 is 2.06 bits per heavy atom. The van der Waals surface area contributed by atoms with Crippen molar-refractivity contribution in [3.63, 3.8) is 0 Å². The monoisotopic (exact) mass is 262 g/mol. The first-order valence-corrected chi connectivity index (χ1v) is 8.00. The van der Waals surface area contributed by atoms with Crippen LogP contribution in [0, 0.1) is 0 Å². The van der Waals surface area contributed by atoms with Crippen molar-refractivity contribution in [3.8, 4) is 0 Å². The molecule has 102 valence electrons. The van der Waals surface area contributed by atoms with E-state index in [1.807, 2.05) is 0 Å². The van der Waals surface area contributed by atoms with Gasteiger partial charge in [-0.25, -0.2) is 12.7 Å². The Balaban J connectivity index is 2.59. The largest absolute Gasteiger partial charge is 0.298 e. The molecule has 0 N–H and O–H groups in total. The van der Waals surface area contributed by atoms with Crippen LogP contribution in [0.4, 0.5) is 0 Å². The van der Waals surface area contributed by atoms with Crippen molar-refractivity contribution < 1.29 is 8.42 Å². The zero-order chi connectivity index (χ0) is 13.3. The summed E-state index contributed by atoms with van der Waals surface area (Å²) in [6.45, 7) is 10.3. The second-order valence-corrected chi connectivity index (χ2v) is 8.12. The van der Waals surface area contributed by atoms with Crippen LogP contribution in [0.25, 0.3) is 0 Å². The average molecular weight is 262 g/mol. The van der Waals surface area contributed by atoms with Crippen LogP contribution < -0.4 is 0 Å². The van der Waals surface area contributed by atoms with E-state index in [4.69, 9.17) is 0 Å². The van der Waals surface area contributed by atoms with Crippen molar-refractivity contribution in [2.75, 3.05) is 25.9 Å². The molecule has 0 aliphatic carbocycles. The van der Waals surface area contributed by atoms with Gasteiger partial charge in [0.15, 0.2) is 0 Å². The number of rotatable bonds is 3. The van der Waals surface area contributed by atoms with Gasteiger partial charge in [-0.15, -0.1) is 0 Å². The Kier molecular flexibility index (Phi) is 4.60. The summed E-state index contributed by atoms with van der Waals surface area (Å²) >= 11 is 0. The number of hydrogen-bond acceptors (Lipinski definition) is 3. The zero-order valence-corrected chi connectivity index (χ0v) is 12.5. The maximum Gasteiger partial charge on any atom is 0.213 e. The lowest BCUT2D eigenvalue weighted by molar-refractivity contribution is 0.0841. The molecule has 1 heterocycles. The van der Waals surface area contributed by atoms with Crippen LogP contribution in [-0.2, 0) is 10.0 Å². The molecule has 1 fully saturated rings. The first-order chi connectivity index (χ1) is 7.68. The molecular weight excluding hydrogens is 236 g/mol. The second-order valence-electron chi connectivity index (χ2n) is 5.81. The molecule has 4 nitrogen and oxygen atoms in total. The SMILES string of the molecule is CCS(=O)(=O)N(C)C1CCN(C(C)(C)C)CC1. The maximum absolute atomic E-state index is 11.8. The summed E-state index contributed by atoms with van der Waals surface area (Å²) in [6.07, 6.45) is 1.88. The van der Waals surface area contributed by atoms with Gasteiger partial charge >= 0.3 is 0 Å². The molecule has 0 atom stereocenters. The van der Waals surface area contributed by atoms with Gasteiger partial charge in [0.2, 0.25) is 10.0 Å².